The number of rotatable bonds is 2. The van der Waals surface area contributed by atoms with E-state index in [1.165, 1.54) is 6.07 Å². The summed E-state index contributed by atoms with van der Waals surface area (Å²) in [5.74, 6) is -1.45. The van der Waals surface area contributed by atoms with Crippen molar-refractivity contribution in [1.82, 2.24) is 4.68 Å². The Labute approximate surface area is 110 Å². The molecule has 0 aliphatic carbocycles. The Morgan fingerprint density at radius 3 is 2.53 bits per heavy atom. The molecule has 5 nitrogen and oxygen atoms in total. The van der Waals surface area contributed by atoms with Crippen molar-refractivity contribution in [2.24, 2.45) is 0 Å². The molecule has 0 N–H and O–H groups in total. The largest absolute Gasteiger partial charge is 0.545 e. The number of carboxylic acid groups (broad SMARTS) is 1. The summed E-state index contributed by atoms with van der Waals surface area (Å²) in [5, 5.41) is 11.1. The van der Waals surface area contributed by atoms with Crippen LogP contribution in [0.5, 0.6) is 0 Å². The first-order valence-electron chi connectivity index (χ1n) is 5.86. The van der Waals surface area contributed by atoms with Crippen LogP contribution >= 0.6 is 0 Å². The lowest BCUT2D eigenvalue weighted by molar-refractivity contribution is -0.735. The van der Waals surface area contributed by atoms with Crippen LogP contribution in [0.3, 0.4) is 0 Å². The van der Waals surface area contributed by atoms with Crippen LogP contribution in [0.1, 0.15) is 27.4 Å². The minimum atomic E-state index is -1.45. The molecule has 0 unspecified atom stereocenters. The molecule has 19 heavy (non-hydrogen) atoms. The summed E-state index contributed by atoms with van der Waals surface area (Å²) in [7, 11) is 0. The van der Waals surface area contributed by atoms with E-state index in [4.69, 9.17) is 0 Å². The molecule has 0 aliphatic rings. The van der Waals surface area contributed by atoms with Gasteiger partial charge in [0.2, 0.25) is 11.9 Å². The van der Waals surface area contributed by atoms with E-state index in [2.05, 4.69) is 0 Å². The zero-order valence-electron chi connectivity index (χ0n) is 11.0. The van der Waals surface area contributed by atoms with Gasteiger partial charge in [0.15, 0.2) is 5.43 Å². The Morgan fingerprint density at radius 1 is 1.26 bits per heavy atom. The molecule has 2 heterocycles. The van der Waals surface area contributed by atoms with Gasteiger partial charge in [-0.1, -0.05) is 4.68 Å². The van der Waals surface area contributed by atoms with Crippen LogP contribution < -0.4 is 15.2 Å². The zero-order valence-corrected chi connectivity index (χ0v) is 11.0. The van der Waals surface area contributed by atoms with Gasteiger partial charge in [0.05, 0.1) is 22.9 Å². The maximum absolute atomic E-state index is 11.7. The molecule has 0 aromatic carbocycles. The van der Waals surface area contributed by atoms with Gasteiger partial charge in [-0.3, -0.25) is 4.79 Å². The van der Waals surface area contributed by atoms with E-state index in [-0.39, 0.29) is 5.56 Å². The van der Waals surface area contributed by atoms with Crippen LogP contribution in [0.4, 0.5) is 0 Å². The zero-order chi connectivity index (χ0) is 14.2. The summed E-state index contributed by atoms with van der Waals surface area (Å²) in [6.45, 7) is 5.25. The van der Waals surface area contributed by atoms with Crippen LogP contribution in [0.15, 0.2) is 35.3 Å². The van der Waals surface area contributed by atoms with Crippen molar-refractivity contribution < 1.29 is 14.6 Å². The van der Waals surface area contributed by atoms with Gasteiger partial charge in [-0.05, 0) is 19.9 Å². The third-order valence-electron chi connectivity index (χ3n) is 3.06. The van der Waals surface area contributed by atoms with Gasteiger partial charge in [-0.15, -0.1) is 4.68 Å². The molecule has 0 aliphatic heterocycles. The Hall–Kier alpha value is -2.43. The van der Waals surface area contributed by atoms with Gasteiger partial charge in [-0.25, -0.2) is 0 Å². The fraction of sp³-hybridized carbons (Fsp3) is 0.214. The number of carbonyl (C=O) groups is 1. The highest BCUT2D eigenvalue weighted by Crippen LogP contribution is 2.05. The van der Waals surface area contributed by atoms with Crippen molar-refractivity contribution in [3.05, 3.63) is 63.3 Å². The topological polar surface area (TPSA) is 66.0 Å². The van der Waals surface area contributed by atoms with Crippen LogP contribution in [0.2, 0.25) is 0 Å². The maximum Gasteiger partial charge on any atom is 0.209 e. The van der Waals surface area contributed by atoms with Gasteiger partial charge >= 0.3 is 0 Å². The normalized spacial score (nSPS) is 10.5. The van der Waals surface area contributed by atoms with Crippen molar-refractivity contribution in [3.8, 4) is 0 Å². The first-order chi connectivity index (χ1) is 8.93. The summed E-state index contributed by atoms with van der Waals surface area (Å²) in [4.78, 5) is 22.8. The van der Waals surface area contributed by atoms with Gasteiger partial charge < -0.3 is 9.90 Å². The van der Waals surface area contributed by atoms with Crippen molar-refractivity contribution in [2.75, 3.05) is 0 Å². The number of pyridine rings is 2. The summed E-state index contributed by atoms with van der Waals surface area (Å²) >= 11 is 0. The van der Waals surface area contributed by atoms with E-state index in [1.807, 2.05) is 25.1 Å². The Morgan fingerprint density at radius 2 is 1.95 bits per heavy atom. The molecule has 0 atom stereocenters. The number of aryl methyl sites for hydroxylation is 2. The van der Waals surface area contributed by atoms with E-state index < -0.39 is 11.4 Å². The van der Waals surface area contributed by atoms with Crippen LogP contribution in [0.25, 0.3) is 0 Å². The number of hydrogen-bond donors (Lipinski definition) is 0. The first-order valence-corrected chi connectivity index (χ1v) is 5.86. The smallest absolute Gasteiger partial charge is 0.209 e. The number of aromatic carboxylic acids is 1. The molecule has 5 heteroatoms. The van der Waals surface area contributed by atoms with E-state index in [9.17, 15) is 14.7 Å². The molecule has 98 valence electrons. The fourth-order valence-electron chi connectivity index (χ4n) is 2.20. The third kappa shape index (κ3) is 2.14. The Bertz CT molecular complexity index is 717. The third-order valence-corrected chi connectivity index (χ3v) is 3.06. The highest BCUT2D eigenvalue weighted by Gasteiger charge is 2.18. The summed E-state index contributed by atoms with van der Waals surface area (Å²) in [6.07, 6.45) is 1.80. The standard InChI is InChI=1S/C14H14N2O3/c1-9-6-4-5-7-15(9)16-10(2)8-12(17)13(11(16)3)14(18)19/h4-8H,1-3H3. The molecular formula is C14H14N2O3. The van der Waals surface area contributed by atoms with E-state index >= 15 is 0 Å². The molecular weight excluding hydrogens is 244 g/mol. The summed E-state index contributed by atoms with van der Waals surface area (Å²) < 4.78 is 3.47. The molecule has 2 aromatic heterocycles. The minimum Gasteiger partial charge on any atom is -0.545 e. The number of nitrogens with zero attached hydrogens (tertiary/aromatic N) is 2. The predicted octanol–water partition coefficient (Wildman–Crippen LogP) is -0.264. The second-order valence-corrected chi connectivity index (χ2v) is 4.40. The first kappa shape index (κ1) is 13.0. The number of aromatic nitrogens is 2. The van der Waals surface area contributed by atoms with Crippen LogP contribution in [0, 0.1) is 20.8 Å². The highest BCUT2D eigenvalue weighted by atomic mass is 16.4. The van der Waals surface area contributed by atoms with Gasteiger partial charge in [-0.2, -0.15) is 0 Å². The average molecular weight is 258 g/mol. The molecule has 0 radical (unpaired) electrons. The molecule has 0 saturated carbocycles. The maximum atomic E-state index is 11.7. The summed E-state index contributed by atoms with van der Waals surface area (Å²) in [6, 6.07) is 6.93. The second-order valence-electron chi connectivity index (χ2n) is 4.40. The predicted molar refractivity (Wildman–Crippen MR) is 66.7 cm³/mol. The van der Waals surface area contributed by atoms with Crippen molar-refractivity contribution >= 4 is 5.97 Å². The average Bonchev–Trinajstić information content (AvgIpc) is 2.30. The number of carbonyl (C=O) groups excluding carboxylic acids is 1. The Balaban J connectivity index is 2.86. The highest BCUT2D eigenvalue weighted by molar-refractivity contribution is 5.86. The lowest BCUT2D eigenvalue weighted by atomic mass is 10.1. The lowest BCUT2D eigenvalue weighted by Gasteiger charge is -2.13. The van der Waals surface area contributed by atoms with Gasteiger partial charge in [0.1, 0.15) is 0 Å². The van der Waals surface area contributed by atoms with Crippen molar-refractivity contribution in [2.45, 2.75) is 20.8 Å². The van der Waals surface area contributed by atoms with Crippen LogP contribution in [-0.2, 0) is 0 Å². The van der Waals surface area contributed by atoms with Crippen molar-refractivity contribution in [3.63, 3.8) is 0 Å². The fourth-order valence-corrected chi connectivity index (χ4v) is 2.20. The van der Waals surface area contributed by atoms with Gasteiger partial charge in [0, 0.05) is 25.1 Å². The molecule has 2 rings (SSSR count). The number of carboxylic acids is 1. The van der Waals surface area contributed by atoms with E-state index in [0.29, 0.717) is 11.4 Å². The molecule has 2 aromatic rings. The summed E-state index contributed by atoms with van der Waals surface area (Å²) in [5.41, 5.74) is 1.10. The molecule has 0 fully saturated rings. The minimum absolute atomic E-state index is 0.304. The van der Waals surface area contributed by atoms with Crippen LogP contribution in [-0.4, -0.2) is 10.6 Å². The monoisotopic (exact) mass is 258 g/mol. The van der Waals surface area contributed by atoms with E-state index in [1.54, 1.807) is 29.4 Å². The Kier molecular flexibility index (Phi) is 3.21. The molecule has 0 spiro atoms. The SMILES string of the molecule is Cc1cc(=O)c(C(=O)[O-])c(C)n1-[n+]1ccccc1C. The quantitative estimate of drug-likeness (QED) is 0.697. The molecule has 0 saturated heterocycles. The second kappa shape index (κ2) is 4.68. The number of hydrogen-bond acceptors (Lipinski definition) is 3. The molecule has 0 bridgehead atoms. The van der Waals surface area contributed by atoms with Crippen molar-refractivity contribution in [1.29, 1.82) is 0 Å². The molecule has 0 amide bonds. The van der Waals surface area contributed by atoms with Gasteiger partial charge in [0.25, 0.3) is 0 Å². The lowest BCUT2D eigenvalue weighted by Crippen LogP contribution is -2.48. The van der Waals surface area contributed by atoms with E-state index in [0.717, 1.165) is 5.69 Å².